The summed E-state index contributed by atoms with van der Waals surface area (Å²) in [5, 5.41) is 14.0. The summed E-state index contributed by atoms with van der Waals surface area (Å²) >= 11 is 0. The second-order valence-electron chi connectivity index (χ2n) is 24.9. The summed E-state index contributed by atoms with van der Waals surface area (Å²) in [6.07, 6.45) is 71.9. The normalized spacial score (nSPS) is 13.6. The lowest BCUT2D eigenvalue weighted by Gasteiger charge is -2.30. The third kappa shape index (κ3) is 61.0. The maximum absolute atomic E-state index is 13.0. The smallest absolute Gasteiger partial charge is 0.268 e. The highest BCUT2D eigenvalue weighted by molar-refractivity contribution is 7.45. The van der Waals surface area contributed by atoms with Crippen molar-refractivity contribution >= 4 is 13.7 Å². The Morgan fingerprint density at radius 1 is 0.413 bits per heavy atom. The number of quaternary nitrogens is 1. The molecule has 0 spiro atoms. The second-order valence-corrected chi connectivity index (χ2v) is 26.3. The predicted molar refractivity (Wildman–Crippen MR) is 326 cm³/mol. The van der Waals surface area contributed by atoms with E-state index in [2.05, 4.69) is 19.2 Å². The standard InChI is InChI=1S/C66H135N2O6P/c1-6-8-10-12-14-16-18-20-22-23-24-25-26-27-28-29-30-31-32-33-34-35-36-37-38-39-40-41-42-43-44-46-48-50-52-54-56-58-60-66(70)67-64(63-74-75(71,72)73-62-61-68(3,4)5)65(69)59-57-55-53-51-49-47-45-21-19-17-15-13-11-9-7-2/h64-65,69H,6-63H2,1-5H3,(H-,67,70,71,72). The maximum Gasteiger partial charge on any atom is 0.268 e. The van der Waals surface area contributed by atoms with E-state index in [1.165, 1.54) is 302 Å². The zero-order chi connectivity index (χ0) is 54.9. The van der Waals surface area contributed by atoms with Gasteiger partial charge in [-0.05, 0) is 12.8 Å². The molecular formula is C66H135N2O6P. The topological polar surface area (TPSA) is 108 Å². The number of carbonyl (C=O) groups is 1. The van der Waals surface area contributed by atoms with Gasteiger partial charge in [-0.15, -0.1) is 0 Å². The third-order valence-electron chi connectivity index (χ3n) is 16.1. The Balaban J connectivity index is 3.83. The number of unbranched alkanes of at least 4 members (excludes halogenated alkanes) is 51. The molecule has 0 aromatic carbocycles. The van der Waals surface area contributed by atoms with Crippen LogP contribution in [0.25, 0.3) is 0 Å². The van der Waals surface area contributed by atoms with Gasteiger partial charge in [0, 0.05) is 6.42 Å². The van der Waals surface area contributed by atoms with Gasteiger partial charge in [-0.2, -0.15) is 0 Å². The minimum atomic E-state index is -4.57. The number of carbonyl (C=O) groups excluding carboxylic acids is 1. The number of phosphoric acid groups is 1. The van der Waals surface area contributed by atoms with Gasteiger partial charge in [-0.3, -0.25) is 9.36 Å². The highest BCUT2D eigenvalue weighted by Gasteiger charge is 2.24. The average molecular weight is 1080 g/mol. The fourth-order valence-corrected chi connectivity index (χ4v) is 11.5. The number of nitrogens with one attached hydrogen (secondary N) is 1. The molecule has 0 radical (unpaired) electrons. The van der Waals surface area contributed by atoms with Gasteiger partial charge >= 0.3 is 0 Å². The van der Waals surface area contributed by atoms with Crippen LogP contribution in [0, 0.1) is 0 Å². The number of amides is 1. The fourth-order valence-electron chi connectivity index (χ4n) is 10.8. The van der Waals surface area contributed by atoms with Crippen molar-refractivity contribution in [2.24, 2.45) is 0 Å². The lowest BCUT2D eigenvalue weighted by atomic mass is 10.0. The first-order chi connectivity index (χ1) is 36.5. The Hall–Kier alpha value is -0.500. The molecule has 0 saturated carbocycles. The first-order valence-electron chi connectivity index (χ1n) is 33.9. The van der Waals surface area contributed by atoms with E-state index in [4.69, 9.17) is 9.05 Å². The van der Waals surface area contributed by atoms with Crippen LogP contribution < -0.4 is 10.2 Å². The van der Waals surface area contributed by atoms with Crippen molar-refractivity contribution in [2.75, 3.05) is 40.9 Å². The van der Waals surface area contributed by atoms with Gasteiger partial charge in [0.25, 0.3) is 7.82 Å². The minimum Gasteiger partial charge on any atom is -0.756 e. The third-order valence-corrected chi connectivity index (χ3v) is 17.1. The Bertz CT molecular complexity index is 1180. The molecule has 9 heteroatoms. The Morgan fingerprint density at radius 3 is 0.907 bits per heavy atom. The molecule has 75 heavy (non-hydrogen) atoms. The van der Waals surface area contributed by atoms with Crippen LogP contribution in [0.2, 0.25) is 0 Å². The van der Waals surface area contributed by atoms with Crippen LogP contribution in [-0.2, 0) is 18.4 Å². The average Bonchev–Trinajstić information content (AvgIpc) is 3.37. The summed E-state index contributed by atoms with van der Waals surface area (Å²) in [6.45, 7) is 4.78. The van der Waals surface area contributed by atoms with Crippen LogP contribution in [0.3, 0.4) is 0 Å². The molecule has 0 aromatic heterocycles. The van der Waals surface area contributed by atoms with Crippen LogP contribution in [0.5, 0.6) is 0 Å². The van der Waals surface area contributed by atoms with Crippen molar-refractivity contribution in [1.82, 2.24) is 5.32 Å². The van der Waals surface area contributed by atoms with Gasteiger partial charge in [0.15, 0.2) is 0 Å². The van der Waals surface area contributed by atoms with Crippen LogP contribution in [0.4, 0.5) is 0 Å². The van der Waals surface area contributed by atoms with Gasteiger partial charge < -0.3 is 28.8 Å². The minimum absolute atomic E-state index is 0.0166. The molecule has 0 aliphatic heterocycles. The maximum atomic E-state index is 13.0. The second kappa shape index (κ2) is 58.2. The molecule has 0 aliphatic carbocycles. The van der Waals surface area contributed by atoms with Crippen LogP contribution >= 0.6 is 7.82 Å². The van der Waals surface area contributed by atoms with Crippen LogP contribution in [0.1, 0.15) is 367 Å². The van der Waals surface area contributed by atoms with E-state index in [1.807, 2.05) is 21.1 Å². The first-order valence-corrected chi connectivity index (χ1v) is 35.3. The van der Waals surface area contributed by atoms with Crippen molar-refractivity contribution in [3.8, 4) is 0 Å². The monoisotopic (exact) mass is 1080 g/mol. The van der Waals surface area contributed by atoms with Crippen molar-refractivity contribution < 1.29 is 32.9 Å². The van der Waals surface area contributed by atoms with E-state index in [-0.39, 0.29) is 19.1 Å². The molecule has 3 atom stereocenters. The largest absolute Gasteiger partial charge is 0.756 e. The molecule has 0 rings (SSSR count). The molecular weight excluding hydrogens is 948 g/mol. The van der Waals surface area contributed by atoms with E-state index < -0.39 is 20.0 Å². The van der Waals surface area contributed by atoms with Crippen molar-refractivity contribution in [3.63, 3.8) is 0 Å². The summed E-state index contributed by atoms with van der Waals surface area (Å²) in [6, 6.07) is -0.795. The number of nitrogens with zero attached hydrogens (tertiary/aromatic N) is 1. The molecule has 3 unspecified atom stereocenters. The molecule has 8 nitrogen and oxygen atoms in total. The van der Waals surface area contributed by atoms with Gasteiger partial charge in [0.1, 0.15) is 13.2 Å². The first kappa shape index (κ1) is 74.5. The lowest BCUT2D eigenvalue weighted by molar-refractivity contribution is -0.870. The Kier molecular flexibility index (Phi) is 57.8. The molecule has 0 fully saturated rings. The lowest BCUT2D eigenvalue weighted by Crippen LogP contribution is -2.46. The fraction of sp³-hybridized carbons (Fsp3) is 0.985. The van der Waals surface area contributed by atoms with Crippen LogP contribution in [0.15, 0.2) is 0 Å². The molecule has 1 amide bonds. The number of rotatable bonds is 64. The van der Waals surface area contributed by atoms with E-state index in [0.29, 0.717) is 23.9 Å². The summed E-state index contributed by atoms with van der Waals surface area (Å²) < 4.78 is 23.5. The van der Waals surface area contributed by atoms with E-state index in [1.54, 1.807) is 0 Å². The number of phosphoric ester groups is 1. The zero-order valence-electron chi connectivity index (χ0n) is 51.5. The Labute approximate surface area is 470 Å². The predicted octanol–water partition coefficient (Wildman–Crippen LogP) is 20.5. The molecule has 0 heterocycles. The van der Waals surface area contributed by atoms with Gasteiger partial charge in [0.2, 0.25) is 5.91 Å². The summed E-state index contributed by atoms with van der Waals surface area (Å²) in [5.41, 5.74) is 0. The molecule has 0 bridgehead atoms. The Morgan fingerprint density at radius 2 is 0.653 bits per heavy atom. The van der Waals surface area contributed by atoms with Crippen LogP contribution in [-0.4, -0.2) is 68.5 Å². The van der Waals surface area contributed by atoms with Gasteiger partial charge in [0.05, 0.1) is 39.9 Å². The van der Waals surface area contributed by atoms with E-state index in [0.717, 1.165) is 38.5 Å². The summed E-state index contributed by atoms with van der Waals surface area (Å²) in [7, 11) is 1.33. The van der Waals surface area contributed by atoms with E-state index >= 15 is 0 Å². The number of hydrogen-bond donors (Lipinski definition) is 2. The highest BCUT2D eigenvalue weighted by atomic mass is 31.2. The molecule has 450 valence electrons. The summed E-state index contributed by atoms with van der Waals surface area (Å²) in [5.74, 6) is -0.155. The molecule has 0 saturated heterocycles. The van der Waals surface area contributed by atoms with Crippen molar-refractivity contribution in [3.05, 3.63) is 0 Å². The highest BCUT2D eigenvalue weighted by Crippen LogP contribution is 2.38. The quantitative estimate of drug-likeness (QED) is 0.0357. The SMILES string of the molecule is CCCCCCCCCCCCCCCCCCCCCCCCCCCCCCCCCCCCCCCCC(=O)NC(COP(=O)([O-])OCC[N+](C)(C)C)C(O)CCCCCCCCCCCCCCCCC. The number of aliphatic hydroxyl groups is 1. The van der Waals surface area contributed by atoms with Crippen molar-refractivity contribution in [2.45, 2.75) is 379 Å². The molecule has 0 aromatic rings. The number of hydrogen-bond acceptors (Lipinski definition) is 6. The van der Waals surface area contributed by atoms with Gasteiger partial charge in [-0.25, -0.2) is 0 Å². The molecule has 0 aliphatic rings. The van der Waals surface area contributed by atoms with Gasteiger partial charge in [-0.1, -0.05) is 348 Å². The summed E-state index contributed by atoms with van der Waals surface area (Å²) in [4.78, 5) is 25.6. The van der Waals surface area contributed by atoms with Crippen molar-refractivity contribution in [1.29, 1.82) is 0 Å². The number of aliphatic hydroxyl groups excluding tert-OH is 1. The number of likely N-dealkylation sites (N-methyl/N-ethyl adjacent to an activating group) is 1. The molecule has 2 N–H and O–H groups in total. The van der Waals surface area contributed by atoms with E-state index in [9.17, 15) is 19.4 Å². The zero-order valence-corrected chi connectivity index (χ0v) is 52.4.